The van der Waals surface area contributed by atoms with Crippen LogP contribution in [0.5, 0.6) is 17.2 Å². The number of carbonyl (C=O) groups excluding carboxylic acids is 1. The topological polar surface area (TPSA) is 256 Å². The van der Waals surface area contributed by atoms with Gasteiger partial charge in [-0.1, -0.05) is 38.1 Å². The van der Waals surface area contributed by atoms with Gasteiger partial charge in [0.25, 0.3) is 31.8 Å². The molecule has 2 aromatic heterocycles. The van der Waals surface area contributed by atoms with Crippen LogP contribution in [0.4, 0.5) is 21.5 Å². The van der Waals surface area contributed by atoms with E-state index in [9.17, 15) is 41.2 Å². The molecule has 4 aliphatic heterocycles. The molecule has 5 aliphatic rings. The maximum atomic E-state index is 14.7. The minimum atomic E-state index is -4.76. The van der Waals surface area contributed by atoms with Crippen LogP contribution >= 0.6 is 0 Å². The largest absolute Gasteiger partial charge is 0.489 e. The molecule has 3 atom stereocenters. The first-order valence-corrected chi connectivity index (χ1v) is 27.5. The van der Waals surface area contributed by atoms with Crippen molar-refractivity contribution in [2.45, 2.75) is 100 Å². The number of anilines is 2. The fourth-order valence-electron chi connectivity index (χ4n) is 11.7. The van der Waals surface area contributed by atoms with Gasteiger partial charge in [-0.15, -0.1) is 0 Å². The van der Waals surface area contributed by atoms with Crippen molar-refractivity contribution in [3.8, 4) is 17.2 Å². The number of nitrogens with one attached hydrogen (secondary N) is 3. The Morgan fingerprint density at radius 2 is 1.76 bits per heavy atom. The van der Waals surface area contributed by atoms with Crippen molar-refractivity contribution in [1.82, 2.24) is 23.9 Å². The van der Waals surface area contributed by atoms with Crippen LogP contribution in [0.1, 0.15) is 99.0 Å². The number of piperidine rings is 2. The van der Waals surface area contributed by atoms with E-state index in [-0.39, 0.29) is 81.4 Å². The highest BCUT2D eigenvalue weighted by Crippen LogP contribution is 2.48. The predicted molar refractivity (Wildman–Crippen MR) is 268 cm³/mol. The van der Waals surface area contributed by atoms with Crippen LogP contribution in [0, 0.1) is 27.3 Å². The van der Waals surface area contributed by atoms with E-state index in [1.165, 1.54) is 28.2 Å². The predicted octanol–water partition coefficient (Wildman–Crippen LogP) is 6.72. The Bertz CT molecular complexity index is 3140. The van der Waals surface area contributed by atoms with Crippen molar-refractivity contribution in [3.63, 3.8) is 0 Å². The van der Waals surface area contributed by atoms with Crippen LogP contribution < -0.4 is 29.6 Å². The highest BCUT2D eigenvalue weighted by molar-refractivity contribution is 7.90. The van der Waals surface area contributed by atoms with Crippen molar-refractivity contribution in [1.29, 1.82) is 0 Å². The van der Waals surface area contributed by atoms with Crippen molar-refractivity contribution in [2.24, 2.45) is 16.5 Å². The number of aromatic amines is 1. The third-order valence-electron chi connectivity index (χ3n) is 15.8. The van der Waals surface area contributed by atoms with Crippen LogP contribution in [-0.2, 0) is 20.2 Å². The minimum absolute atomic E-state index is 0.0351. The lowest BCUT2D eigenvalue weighted by molar-refractivity contribution is -0.384. The van der Waals surface area contributed by atoms with Crippen LogP contribution in [0.3, 0.4) is 0 Å². The molecule has 19 nitrogen and oxygen atoms in total. The van der Waals surface area contributed by atoms with E-state index in [0.29, 0.717) is 64.0 Å². The molecule has 1 spiro atoms. The Labute approximate surface area is 417 Å². The number of pyridine rings is 1. The number of ether oxygens (including phenoxy) is 2. The monoisotopic (exact) mass is 1030 g/mol. The molecule has 0 bridgehead atoms. The Morgan fingerprint density at radius 1 is 1.03 bits per heavy atom. The van der Waals surface area contributed by atoms with Crippen LogP contribution in [-0.4, -0.2) is 116 Å². The molecule has 5 aromatic rings. The second-order valence-electron chi connectivity index (χ2n) is 20.9. The molecule has 10 rings (SSSR count). The molecule has 384 valence electrons. The Hall–Kier alpha value is -5.91. The fourth-order valence-corrected chi connectivity index (χ4v) is 13.4. The summed E-state index contributed by atoms with van der Waals surface area (Å²) in [4.78, 5) is 36.9. The molecule has 1 saturated carbocycles. The second-order valence-corrected chi connectivity index (χ2v) is 24.2. The standard InChI is InChI=1S/C50H60FN9O10S2/c1-30(2)35-6-4-5-7-36(35)39-26-59(72(52,67)68)17-12-42(39)58-28-50(29-58)15-18-57(19-16-50)32-8-9-37(44(20-32)70-33-21-38-40(51)25-54-47(38)53-24-33)48(61)56-71(65,66)34-22-43(60(63)64)46-45(23-34)69-27-41(55-46)31-10-13-49(3,62)14-11-31/h4-9,20-25,30-31,39,41-42,55,62H,10-19,26-29H2,1-3H3,(H,53,54)(H,56,61)(H2,52,67,68)/t31-,39-,41-,42-,49-/m1/s1. The van der Waals surface area contributed by atoms with E-state index in [4.69, 9.17) is 14.6 Å². The number of halogens is 1. The quantitative estimate of drug-likeness (QED) is 0.0642. The number of nitrogens with zero attached hydrogens (tertiary/aromatic N) is 5. The SMILES string of the molecule is CC(C)c1ccccc1[C@H]1CN(S(N)(=O)=O)CC[C@H]1N1CC2(CCN(c3ccc(C(=O)NS(=O)(=O)c4cc5c(c([N+](=O)[O-])c4)N[C@@H]([C@H]4CC[C@](C)(O)CC4)CO5)c(Oc4cnc5[nH]cc(F)c5c4)c3)CC2)C1. The van der Waals surface area contributed by atoms with Gasteiger partial charge in [-0.05, 0) is 98.4 Å². The number of sulfonamides is 1. The number of nitrogens with two attached hydrogens (primary N) is 1. The van der Waals surface area contributed by atoms with Crippen LogP contribution in [0.25, 0.3) is 11.0 Å². The average Bonchev–Trinajstić information content (AvgIpc) is 3.71. The van der Waals surface area contributed by atoms with Gasteiger partial charge in [0, 0.05) is 81.3 Å². The zero-order valence-electron chi connectivity index (χ0n) is 40.3. The number of rotatable bonds is 12. The van der Waals surface area contributed by atoms with E-state index >= 15 is 0 Å². The van der Waals surface area contributed by atoms with Gasteiger partial charge >= 0.3 is 0 Å². The smallest absolute Gasteiger partial charge is 0.297 e. The highest BCUT2D eigenvalue weighted by atomic mass is 32.2. The van der Waals surface area contributed by atoms with Crippen LogP contribution in [0.15, 0.2) is 78.0 Å². The summed E-state index contributed by atoms with van der Waals surface area (Å²) in [5.41, 5.74) is 1.90. The number of carbonyl (C=O) groups is 1. The molecule has 1 aliphatic carbocycles. The van der Waals surface area contributed by atoms with Gasteiger partial charge in [-0.25, -0.2) is 27.7 Å². The Balaban J connectivity index is 0.866. The van der Waals surface area contributed by atoms with E-state index in [1.54, 1.807) is 19.1 Å². The zero-order chi connectivity index (χ0) is 50.9. The molecule has 4 fully saturated rings. The Morgan fingerprint density at radius 3 is 2.47 bits per heavy atom. The number of amides is 1. The number of hydrogen-bond acceptors (Lipinski definition) is 14. The summed E-state index contributed by atoms with van der Waals surface area (Å²) >= 11 is 0. The average molecular weight is 1030 g/mol. The van der Waals surface area contributed by atoms with E-state index < -0.39 is 53.1 Å². The van der Waals surface area contributed by atoms with Gasteiger partial charge < -0.3 is 29.8 Å². The van der Waals surface area contributed by atoms with Crippen molar-refractivity contribution in [3.05, 3.63) is 106 Å². The molecular weight excluding hydrogens is 970 g/mol. The molecule has 3 saturated heterocycles. The summed E-state index contributed by atoms with van der Waals surface area (Å²) in [6.45, 7) is 9.90. The number of aliphatic hydroxyl groups is 1. The maximum Gasteiger partial charge on any atom is 0.297 e. The number of benzene rings is 3. The molecule has 1 amide bonds. The first-order valence-electron chi connectivity index (χ1n) is 24.5. The Kier molecular flexibility index (Phi) is 13.0. The van der Waals surface area contributed by atoms with Gasteiger partial charge in [-0.2, -0.15) is 12.7 Å². The van der Waals surface area contributed by atoms with E-state index in [2.05, 4.69) is 55.8 Å². The molecule has 0 radical (unpaired) electrons. The van der Waals surface area contributed by atoms with Crippen molar-refractivity contribution < 1.29 is 45.5 Å². The van der Waals surface area contributed by atoms with Crippen molar-refractivity contribution >= 4 is 54.2 Å². The number of H-pyrrole nitrogens is 1. The molecular formula is C50H60FN9O10S2. The van der Waals surface area contributed by atoms with Gasteiger partial charge in [0.05, 0.1) is 38.6 Å². The van der Waals surface area contributed by atoms with Gasteiger partial charge in [0.1, 0.15) is 29.6 Å². The minimum Gasteiger partial charge on any atom is -0.489 e. The van der Waals surface area contributed by atoms with Gasteiger partial charge in [0.2, 0.25) is 0 Å². The lowest BCUT2D eigenvalue weighted by atomic mass is 9.69. The first-order chi connectivity index (χ1) is 34.2. The number of aromatic nitrogens is 2. The number of nitro groups is 1. The van der Waals surface area contributed by atoms with E-state index in [1.807, 2.05) is 12.1 Å². The van der Waals surface area contributed by atoms with Crippen molar-refractivity contribution in [2.75, 3.05) is 56.1 Å². The summed E-state index contributed by atoms with van der Waals surface area (Å²) in [6, 6.07) is 16.3. The van der Waals surface area contributed by atoms with E-state index in [0.717, 1.165) is 49.8 Å². The third-order valence-corrected chi connectivity index (χ3v) is 18.1. The number of fused-ring (bicyclic) bond motifs is 2. The summed E-state index contributed by atoms with van der Waals surface area (Å²) in [7, 11) is -8.63. The summed E-state index contributed by atoms with van der Waals surface area (Å²) in [5.74, 6) is -1.38. The summed E-state index contributed by atoms with van der Waals surface area (Å²) in [6.07, 6.45) is 7.37. The number of likely N-dealkylation sites (tertiary alicyclic amines) is 1. The molecule has 6 heterocycles. The third kappa shape index (κ3) is 9.83. The molecule has 3 aromatic carbocycles. The number of nitro benzene ring substituents is 1. The summed E-state index contributed by atoms with van der Waals surface area (Å²) in [5, 5.41) is 31.9. The highest BCUT2D eigenvalue weighted by Gasteiger charge is 2.50. The lowest BCUT2D eigenvalue weighted by Gasteiger charge is -2.59. The van der Waals surface area contributed by atoms with Crippen LogP contribution in [0.2, 0.25) is 0 Å². The summed E-state index contributed by atoms with van der Waals surface area (Å²) < 4.78 is 83.5. The van der Waals surface area contributed by atoms with Gasteiger partial charge in [-0.3, -0.25) is 19.8 Å². The normalized spacial score (nSPS) is 24.8. The lowest BCUT2D eigenvalue weighted by Crippen LogP contribution is -2.66. The molecule has 0 unspecified atom stereocenters. The van der Waals surface area contributed by atoms with Gasteiger partial charge in [0.15, 0.2) is 11.4 Å². The molecule has 72 heavy (non-hydrogen) atoms. The fraction of sp³-hybridized carbons (Fsp3) is 0.480. The zero-order valence-corrected chi connectivity index (χ0v) is 42.0. The second kappa shape index (κ2) is 18.9. The maximum absolute atomic E-state index is 14.7. The molecule has 22 heteroatoms. The molecule has 6 N–H and O–H groups in total. The number of hydrogen-bond donors (Lipinski definition) is 5. The first kappa shape index (κ1) is 49.7.